The van der Waals surface area contributed by atoms with Gasteiger partial charge in [-0.15, -0.1) is 0 Å². The van der Waals surface area contributed by atoms with E-state index in [1.165, 1.54) is 302 Å². The smallest absolute Gasteiger partial charge is 0.361 e. The van der Waals surface area contributed by atoms with Crippen LogP contribution in [0.3, 0.4) is 0 Å². The Hall–Kier alpha value is -3.79. The van der Waals surface area contributed by atoms with Gasteiger partial charge in [0.1, 0.15) is 13.2 Å². The van der Waals surface area contributed by atoms with Crippen molar-refractivity contribution in [1.29, 1.82) is 0 Å². The topological polar surface area (TPSA) is 108 Å². The van der Waals surface area contributed by atoms with E-state index in [4.69, 9.17) is 18.9 Å². The highest BCUT2D eigenvalue weighted by Gasteiger charge is 2.25. The van der Waals surface area contributed by atoms with Gasteiger partial charge < -0.3 is 28.5 Å². The number of esters is 2. The van der Waals surface area contributed by atoms with E-state index in [0.29, 0.717) is 17.4 Å². The van der Waals surface area contributed by atoms with E-state index in [0.717, 1.165) is 83.5 Å². The molecule has 0 aromatic heterocycles. The summed E-state index contributed by atoms with van der Waals surface area (Å²) in [6.07, 6.45) is 112. The predicted octanol–water partition coefficient (Wildman–Crippen LogP) is 28.3. The number of nitrogens with zero attached hydrogens (tertiary/aromatic N) is 1. The first-order chi connectivity index (χ1) is 49.6. The predicted molar refractivity (Wildman–Crippen MR) is 438 cm³/mol. The molecule has 2 atom stereocenters. The number of likely N-dealkylation sites (N-methyl/N-ethyl adjacent to an activating group) is 1. The number of quaternary nitrogens is 1. The molecule has 0 aliphatic rings. The first kappa shape index (κ1) is 97.2. The monoisotopic (exact) mass is 1410 g/mol. The second-order valence-electron chi connectivity index (χ2n) is 30.5. The van der Waals surface area contributed by atoms with Crippen molar-refractivity contribution in [2.45, 2.75) is 424 Å². The maximum atomic E-state index is 13.0. The molecule has 101 heavy (non-hydrogen) atoms. The molecule has 0 spiro atoms. The number of ether oxygens (including phenoxy) is 4. The molecular formula is C92H166NO8+. The lowest BCUT2D eigenvalue weighted by atomic mass is 10.0. The maximum Gasteiger partial charge on any atom is 0.361 e. The zero-order valence-corrected chi connectivity index (χ0v) is 67.3. The van der Waals surface area contributed by atoms with Gasteiger partial charge in [0.2, 0.25) is 0 Å². The van der Waals surface area contributed by atoms with E-state index in [-0.39, 0.29) is 38.2 Å². The molecule has 1 N–H and O–H groups in total. The Morgan fingerprint density at radius 3 is 0.842 bits per heavy atom. The Morgan fingerprint density at radius 2 is 0.564 bits per heavy atom. The molecule has 586 valence electrons. The zero-order chi connectivity index (χ0) is 73.2. The van der Waals surface area contributed by atoms with Crippen molar-refractivity contribution in [2.24, 2.45) is 0 Å². The van der Waals surface area contributed by atoms with E-state index >= 15 is 0 Å². The Kier molecular flexibility index (Phi) is 78.8. The van der Waals surface area contributed by atoms with E-state index in [1.54, 1.807) is 0 Å². The largest absolute Gasteiger partial charge is 0.477 e. The van der Waals surface area contributed by atoms with Crippen molar-refractivity contribution in [3.05, 3.63) is 97.2 Å². The fraction of sp³-hybridized carbons (Fsp3) is 0.793. The average Bonchev–Trinajstić information content (AvgIpc) is 1.25. The molecule has 0 aromatic carbocycles. The van der Waals surface area contributed by atoms with Crippen LogP contribution in [0.2, 0.25) is 0 Å². The number of carboxylic acids is 1. The highest BCUT2D eigenvalue weighted by Crippen LogP contribution is 2.20. The molecule has 0 fully saturated rings. The Balaban J connectivity index is 3.93. The summed E-state index contributed by atoms with van der Waals surface area (Å²) >= 11 is 0. The molecule has 0 aliphatic heterocycles. The summed E-state index contributed by atoms with van der Waals surface area (Å²) in [7, 11) is 6.00. The van der Waals surface area contributed by atoms with E-state index in [2.05, 4.69) is 111 Å². The third-order valence-electron chi connectivity index (χ3n) is 19.3. The van der Waals surface area contributed by atoms with Crippen molar-refractivity contribution < 1.29 is 42.9 Å². The van der Waals surface area contributed by atoms with E-state index in [1.807, 2.05) is 21.1 Å². The van der Waals surface area contributed by atoms with Crippen LogP contribution in [0.1, 0.15) is 412 Å². The normalized spacial score (nSPS) is 13.1. The SMILES string of the molecule is CC/C=C\C/C=C\C/C=C\C/C=C\C/C=C\CCCCCCCCCCCCCCCCCCCCCC(=O)OC(COC(=O)CCCCCCCCCCCCCCCCCCCCCCCCCCCC/C=C\C/C=C\C/C=C\CCCCCCC)COC(OCC[N+](C)(C)C)C(=O)O. The summed E-state index contributed by atoms with van der Waals surface area (Å²) in [5.41, 5.74) is 0. The van der Waals surface area contributed by atoms with Crippen molar-refractivity contribution >= 4 is 17.9 Å². The number of allylic oxidation sites excluding steroid dienone is 16. The molecule has 9 nitrogen and oxygen atoms in total. The van der Waals surface area contributed by atoms with Gasteiger partial charge in [-0.2, -0.15) is 0 Å². The van der Waals surface area contributed by atoms with Gasteiger partial charge in [-0.3, -0.25) is 9.59 Å². The quantitative estimate of drug-likeness (QED) is 0.0211. The molecule has 0 amide bonds. The van der Waals surface area contributed by atoms with E-state index in [9.17, 15) is 19.5 Å². The van der Waals surface area contributed by atoms with Gasteiger partial charge in [0.25, 0.3) is 6.29 Å². The zero-order valence-electron chi connectivity index (χ0n) is 67.3. The Morgan fingerprint density at radius 1 is 0.307 bits per heavy atom. The van der Waals surface area contributed by atoms with Gasteiger partial charge in [-0.05, 0) is 96.3 Å². The van der Waals surface area contributed by atoms with Crippen LogP contribution in [0.25, 0.3) is 0 Å². The molecular weight excluding hydrogens is 1250 g/mol. The van der Waals surface area contributed by atoms with E-state index < -0.39 is 18.4 Å². The minimum atomic E-state index is -1.51. The minimum Gasteiger partial charge on any atom is -0.477 e. The molecule has 0 bridgehead atoms. The minimum absolute atomic E-state index is 0.179. The summed E-state index contributed by atoms with van der Waals surface area (Å²) in [4.78, 5) is 37.8. The lowest BCUT2D eigenvalue weighted by molar-refractivity contribution is -0.870. The van der Waals surface area contributed by atoms with Crippen molar-refractivity contribution in [3.63, 3.8) is 0 Å². The van der Waals surface area contributed by atoms with Crippen molar-refractivity contribution in [3.8, 4) is 0 Å². The summed E-state index contributed by atoms with van der Waals surface area (Å²) in [5, 5.41) is 9.79. The standard InChI is InChI=1S/C92H165NO8/c1-6-8-10-12-14-16-18-20-22-24-26-28-30-32-34-36-38-40-42-43-44-45-46-47-49-50-52-54-56-58-60-62-64-66-68-70-72-74-76-78-80-82-89(94)99-86-88(87-100-92(91(96)97)98-85-84-93(3,4)5)101-90(95)83-81-79-77-75-73-71-69-67-65-63-61-59-57-55-53-51-48-41-39-37-35-33-31-29-27-25-23-21-19-17-15-13-11-9-7-2/h9,11,15,17-18,20-21,23-24,26-27,29-30,32-33,35,88,92H,6-8,10,12-14,16,19,22,25,28,31,34,36-87H2,1-5H3/p+1/b11-9-,17-15-,20-18-,23-21-,26-24-,29-27-,32-30-,35-33-. The Bertz CT molecular complexity index is 1990. The number of carboxylic acid groups (broad SMARTS) is 1. The molecule has 9 heteroatoms. The van der Waals surface area contributed by atoms with Gasteiger partial charge in [0, 0.05) is 12.8 Å². The third-order valence-corrected chi connectivity index (χ3v) is 19.3. The molecule has 0 saturated carbocycles. The van der Waals surface area contributed by atoms with Gasteiger partial charge >= 0.3 is 17.9 Å². The van der Waals surface area contributed by atoms with Crippen LogP contribution in [-0.2, 0) is 33.3 Å². The number of aliphatic carboxylic acids is 1. The molecule has 0 saturated heterocycles. The van der Waals surface area contributed by atoms with Gasteiger partial charge in [-0.25, -0.2) is 4.79 Å². The fourth-order valence-corrected chi connectivity index (χ4v) is 12.8. The number of carbonyl (C=O) groups is 3. The molecule has 0 radical (unpaired) electrons. The number of unbranched alkanes of at least 4 members (excludes halogenated alkanes) is 50. The summed E-state index contributed by atoms with van der Waals surface area (Å²) < 4.78 is 23.1. The number of carbonyl (C=O) groups excluding carboxylic acids is 2. The lowest BCUT2D eigenvalue weighted by Crippen LogP contribution is -2.40. The van der Waals surface area contributed by atoms with Gasteiger partial charge in [0.05, 0.1) is 34.4 Å². The summed E-state index contributed by atoms with van der Waals surface area (Å²) in [6, 6.07) is 0. The molecule has 0 aromatic rings. The van der Waals surface area contributed by atoms with Gasteiger partial charge in [-0.1, -0.05) is 400 Å². The maximum absolute atomic E-state index is 13.0. The van der Waals surface area contributed by atoms with Crippen LogP contribution in [0, 0.1) is 0 Å². The average molecular weight is 1410 g/mol. The van der Waals surface area contributed by atoms with Crippen LogP contribution in [0.4, 0.5) is 0 Å². The highest BCUT2D eigenvalue weighted by molar-refractivity contribution is 5.71. The Labute approximate surface area is 626 Å². The van der Waals surface area contributed by atoms with Crippen LogP contribution in [0.15, 0.2) is 97.2 Å². The van der Waals surface area contributed by atoms with Gasteiger partial charge in [0.15, 0.2) is 6.10 Å². The van der Waals surface area contributed by atoms with Crippen LogP contribution in [0.5, 0.6) is 0 Å². The molecule has 0 rings (SSSR count). The molecule has 0 aliphatic carbocycles. The second kappa shape index (κ2) is 81.9. The first-order valence-corrected chi connectivity index (χ1v) is 43.4. The van der Waals surface area contributed by atoms with Crippen LogP contribution in [-0.4, -0.2) is 87.4 Å². The lowest BCUT2D eigenvalue weighted by Gasteiger charge is -2.25. The number of hydrogen-bond acceptors (Lipinski definition) is 7. The van der Waals surface area contributed by atoms with Crippen molar-refractivity contribution in [2.75, 3.05) is 47.5 Å². The number of hydrogen-bond donors (Lipinski definition) is 1. The van der Waals surface area contributed by atoms with Crippen LogP contribution < -0.4 is 0 Å². The third kappa shape index (κ3) is 83.4. The number of rotatable bonds is 81. The molecule has 2 unspecified atom stereocenters. The fourth-order valence-electron chi connectivity index (χ4n) is 12.8. The highest BCUT2D eigenvalue weighted by atomic mass is 16.7. The summed E-state index contributed by atoms with van der Waals surface area (Å²) in [6.45, 7) is 4.81. The van der Waals surface area contributed by atoms with Crippen molar-refractivity contribution in [1.82, 2.24) is 0 Å². The molecule has 0 heterocycles. The first-order valence-electron chi connectivity index (χ1n) is 43.4. The summed E-state index contributed by atoms with van der Waals surface area (Å²) in [5.74, 6) is -1.98. The van der Waals surface area contributed by atoms with Crippen LogP contribution >= 0.6 is 0 Å². The second-order valence-corrected chi connectivity index (χ2v) is 30.5.